The van der Waals surface area contributed by atoms with E-state index < -0.39 is 0 Å². The highest BCUT2D eigenvalue weighted by Crippen LogP contribution is 1.97. The van der Waals surface area contributed by atoms with E-state index in [1.807, 2.05) is 6.07 Å². The molecule has 0 radical (unpaired) electrons. The number of carbonyl (C=O) groups is 2. The molecule has 20 heavy (non-hydrogen) atoms. The Labute approximate surface area is 117 Å². The molecule has 1 aromatic carbocycles. The predicted molar refractivity (Wildman–Crippen MR) is 75.0 cm³/mol. The maximum Gasteiger partial charge on any atom is 0.251 e. The summed E-state index contributed by atoms with van der Waals surface area (Å²) in [5.41, 5.74) is 8.60. The van der Waals surface area contributed by atoms with Crippen LogP contribution in [0.1, 0.15) is 23.2 Å². The lowest BCUT2D eigenvalue weighted by Gasteiger charge is -2.06. The van der Waals surface area contributed by atoms with Crippen LogP contribution >= 0.6 is 0 Å². The van der Waals surface area contributed by atoms with Crippen LogP contribution in [0.4, 0.5) is 0 Å². The smallest absolute Gasteiger partial charge is 0.251 e. The zero-order valence-corrected chi connectivity index (χ0v) is 11.1. The van der Waals surface area contributed by atoms with Crippen LogP contribution < -0.4 is 10.6 Å². The monoisotopic (exact) mass is 275 g/mol. The number of nitrogens with zero attached hydrogens (tertiary/aromatic N) is 3. The minimum Gasteiger partial charge on any atom is -0.355 e. The normalized spacial score (nSPS) is 9.40. The highest BCUT2D eigenvalue weighted by molar-refractivity contribution is 5.96. The van der Waals surface area contributed by atoms with Gasteiger partial charge in [0.05, 0.1) is 6.54 Å². The summed E-state index contributed by atoms with van der Waals surface area (Å²) in [6.45, 7) is 0.877. The van der Waals surface area contributed by atoms with E-state index in [-0.39, 0.29) is 18.4 Å². The van der Waals surface area contributed by atoms with Gasteiger partial charge in [0.25, 0.3) is 5.91 Å². The Kier molecular flexibility index (Phi) is 7.30. The van der Waals surface area contributed by atoms with E-state index in [0.717, 1.165) is 12.8 Å². The Morgan fingerprint density at radius 2 is 1.90 bits per heavy atom. The number of hydrogen-bond donors (Lipinski definition) is 2. The number of benzene rings is 1. The topological polar surface area (TPSA) is 107 Å². The van der Waals surface area contributed by atoms with Crippen LogP contribution in [0, 0.1) is 0 Å². The number of azide groups is 1. The van der Waals surface area contributed by atoms with E-state index in [1.165, 1.54) is 0 Å². The largest absolute Gasteiger partial charge is 0.355 e. The molecule has 0 aromatic heterocycles. The summed E-state index contributed by atoms with van der Waals surface area (Å²) in [5, 5.41) is 8.61. The molecule has 7 heteroatoms. The molecule has 1 aromatic rings. The Bertz CT molecular complexity index is 483. The van der Waals surface area contributed by atoms with Crippen LogP contribution in [0.15, 0.2) is 35.4 Å². The van der Waals surface area contributed by atoms with Gasteiger partial charge < -0.3 is 10.6 Å². The van der Waals surface area contributed by atoms with E-state index in [4.69, 9.17) is 5.53 Å². The molecule has 0 aliphatic rings. The van der Waals surface area contributed by atoms with Crippen molar-refractivity contribution in [1.29, 1.82) is 0 Å². The average Bonchev–Trinajstić information content (AvgIpc) is 2.49. The molecule has 7 nitrogen and oxygen atoms in total. The Hall–Kier alpha value is -2.53. The first-order chi connectivity index (χ1) is 9.74. The van der Waals surface area contributed by atoms with Crippen LogP contribution in [0.5, 0.6) is 0 Å². The number of rotatable bonds is 8. The zero-order chi connectivity index (χ0) is 14.6. The van der Waals surface area contributed by atoms with Crippen LogP contribution in [-0.4, -0.2) is 31.4 Å². The number of nitrogens with one attached hydrogen (secondary N) is 2. The van der Waals surface area contributed by atoms with Crippen molar-refractivity contribution in [3.8, 4) is 0 Å². The van der Waals surface area contributed by atoms with Gasteiger partial charge in [0, 0.05) is 23.6 Å². The van der Waals surface area contributed by atoms with Crippen LogP contribution in [-0.2, 0) is 4.79 Å². The Balaban J connectivity index is 2.14. The lowest BCUT2D eigenvalue weighted by atomic mass is 10.2. The van der Waals surface area contributed by atoms with Crippen molar-refractivity contribution in [1.82, 2.24) is 10.6 Å². The second-order valence-corrected chi connectivity index (χ2v) is 4.06. The molecule has 0 bridgehead atoms. The minimum absolute atomic E-state index is 0.0515. The van der Waals surface area contributed by atoms with Crippen LogP contribution in [0.2, 0.25) is 0 Å². The van der Waals surface area contributed by atoms with Gasteiger partial charge >= 0.3 is 0 Å². The summed E-state index contributed by atoms with van der Waals surface area (Å²) in [4.78, 5) is 25.8. The summed E-state index contributed by atoms with van der Waals surface area (Å²) in [6.07, 6.45) is 1.46. The molecule has 0 saturated carbocycles. The maximum absolute atomic E-state index is 11.7. The van der Waals surface area contributed by atoms with E-state index in [0.29, 0.717) is 18.7 Å². The predicted octanol–water partition coefficient (Wildman–Crippen LogP) is 1.62. The van der Waals surface area contributed by atoms with E-state index in [2.05, 4.69) is 20.7 Å². The molecule has 106 valence electrons. The Morgan fingerprint density at radius 1 is 1.15 bits per heavy atom. The molecule has 2 N–H and O–H groups in total. The van der Waals surface area contributed by atoms with Gasteiger partial charge in [-0.15, -0.1) is 0 Å². The molecular weight excluding hydrogens is 258 g/mol. The van der Waals surface area contributed by atoms with Crippen molar-refractivity contribution < 1.29 is 9.59 Å². The molecule has 0 unspecified atom stereocenters. The second-order valence-electron chi connectivity index (χ2n) is 4.06. The van der Waals surface area contributed by atoms with Gasteiger partial charge in [0.15, 0.2) is 0 Å². The summed E-state index contributed by atoms with van der Waals surface area (Å²) < 4.78 is 0. The standard InChI is InChI=1S/C13H17N5O2/c14-18-17-9-5-4-8-15-12(19)10-16-13(20)11-6-2-1-3-7-11/h1-3,6-7H,4-5,8-10H2,(H,15,19)(H,16,20). The van der Waals surface area contributed by atoms with Crippen molar-refractivity contribution in [3.05, 3.63) is 46.3 Å². The van der Waals surface area contributed by atoms with Gasteiger partial charge in [0.1, 0.15) is 0 Å². The molecular formula is C13H17N5O2. The molecule has 2 amide bonds. The SMILES string of the molecule is [N-]=[N+]=NCCCCNC(=O)CNC(=O)c1ccccc1. The van der Waals surface area contributed by atoms with Crippen LogP contribution in [0.3, 0.4) is 0 Å². The summed E-state index contributed by atoms with van der Waals surface area (Å²) in [5.74, 6) is -0.512. The van der Waals surface area contributed by atoms with Gasteiger partial charge in [-0.2, -0.15) is 0 Å². The second kappa shape index (κ2) is 9.41. The maximum atomic E-state index is 11.7. The van der Waals surface area contributed by atoms with Crippen LogP contribution in [0.25, 0.3) is 10.4 Å². The minimum atomic E-state index is -0.274. The number of hydrogen-bond acceptors (Lipinski definition) is 3. The average molecular weight is 275 g/mol. The number of carbonyl (C=O) groups excluding carboxylic acids is 2. The van der Waals surface area contributed by atoms with Gasteiger partial charge in [0.2, 0.25) is 5.91 Å². The molecule has 0 heterocycles. The zero-order valence-electron chi connectivity index (χ0n) is 11.1. The van der Waals surface area contributed by atoms with Gasteiger partial charge in [-0.3, -0.25) is 9.59 Å². The Morgan fingerprint density at radius 3 is 2.60 bits per heavy atom. The van der Waals surface area contributed by atoms with Gasteiger partial charge in [-0.1, -0.05) is 23.3 Å². The summed E-state index contributed by atoms with van der Waals surface area (Å²) in [7, 11) is 0. The summed E-state index contributed by atoms with van der Waals surface area (Å²) >= 11 is 0. The molecule has 0 fully saturated rings. The highest BCUT2D eigenvalue weighted by Gasteiger charge is 2.06. The van der Waals surface area contributed by atoms with Crippen molar-refractivity contribution >= 4 is 11.8 Å². The van der Waals surface area contributed by atoms with Crippen molar-refractivity contribution in [2.45, 2.75) is 12.8 Å². The van der Waals surface area contributed by atoms with Crippen molar-refractivity contribution in [2.24, 2.45) is 5.11 Å². The molecule has 0 aliphatic carbocycles. The molecule has 0 atom stereocenters. The van der Waals surface area contributed by atoms with Gasteiger partial charge in [-0.25, -0.2) is 0 Å². The van der Waals surface area contributed by atoms with E-state index in [1.54, 1.807) is 24.3 Å². The molecule has 0 spiro atoms. The molecule has 0 saturated heterocycles. The van der Waals surface area contributed by atoms with E-state index >= 15 is 0 Å². The molecule has 1 rings (SSSR count). The molecule has 0 aliphatic heterocycles. The third kappa shape index (κ3) is 6.42. The van der Waals surface area contributed by atoms with E-state index in [9.17, 15) is 9.59 Å². The fourth-order valence-electron chi connectivity index (χ4n) is 1.49. The van der Waals surface area contributed by atoms with Crippen molar-refractivity contribution in [2.75, 3.05) is 19.6 Å². The third-order valence-corrected chi connectivity index (χ3v) is 2.52. The fourth-order valence-corrected chi connectivity index (χ4v) is 1.49. The fraction of sp³-hybridized carbons (Fsp3) is 0.385. The first-order valence-corrected chi connectivity index (χ1v) is 6.35. The third-order valence-electron chi connectivity index (χ3n) is 2.52. The quantitative estimate of drug-likeness (QED) is 0.325. The first kappa shape index (κ1) is 15.5. The number of unbranched alkanes of at least 4 members (excludes halogenated alkanes) is 1. The number of amides is 2. The summed E-state index contributed by atoms with van der Waals surface area (Å²) in [6, 6.07) is 8.71. The lowest BCUT2D eigenvalue weighted by molar-refractivity contribution is -0.120. The highest BCUT2D eigenvalue weighted by atomic mass is 16.2. The van der Waals surface area contributed by atoms with Gasteiger partial charge in [-0.05, 0) is 30.5 Å². The lowest BCUT2D eigenvalue weighted by Crippen LogP contribution is -2.37. The first-order valence-electron chi connectivity index (χ1n) is 6.35. The van der Waals surface area contributed by atoms with Crippen molar-refractivity contribution in [3.63, 3.8) is 0 Å².